The molecule has 1 N–H and O–H groups in total. The Hall–Kier alpha value is -2.36. The summed E-state index contributed by atoms with van der Waals surface area (Å²) in [5, 5.41) is 9.11. The minimum Gasteiger partial charge on any atom is -0.488 e. The Bertz CT molecular complexity index is 650. The van der Waals surface area contributed by atoms with Crippen LogP contribution in [0.25, 0.3) is 0 Å². The number of benzene rings is 2. The van der Waals surface area contributed by atoms with Crippen LogP contribution in [0.1, 0.15) is 27.0 Å². The number of aryl methyl sites for hydroxylation is 2. The summed E-state index contributed by atoms with van der Waals surface area (Å²) in [5.41, 5.74) is 2.60. The predicted molar refractivity (Wildman–Crippen MR) is 73.6 cm³/mol. The molecule has 0 spiro atoms. The molecule has 2 rings (SSSR count). The highest BCUT2D eigenvalue weighted by Gasteiger charge is 2.12. The Morgan fingerprint density at radius 3 is 2.65 bits per heavy atom. The van der Waals surface area contributed by atoms with E-state index in [2.05, 4.69) is 0 Å². The van der Waals surface area contributed by atoms with Crippen molar-refractivity contribution in [2.75, 3.05) is 0 Å². The Labute approximate surface area is 116 Å². The standard InChI is InChI=1S/C16H15FO3/c1-10-3-6-14(16(18)19)15(7-10)20-9-12-8-13(17)5-4-11(12)2/h3-8H,9H2,1-2H3,(H,18,19). The van der Waals surface area contributed by atoms with E-state index in [-0.39, 0.29) is 18.0 Å². The summed E-state index contributed by atoms with van der Waals surface area (Å²) in [6.07, 6.45) is 0. The maximum absolute atomic E-state index is 13.2. The van der Waals surface area contributed by atoms with E-state index < -0.39 is 5.97 Å². The summed E-state index contributed by atoms with van der Waals surface area (Å²) in [4.78, 5) is 11.1. The van der Waals surface area contributed by atoms with Crippen LogP contribution in [0.15, 0.2) is 36.4 Å². The van der Waals surface area contributed by atoms with Crippen molar-refractivity contribution in [3.05, 3.63) is 64.5 Å². The van der Waals surface area contributed by atoms with E-state index >= 15 is 0 Å². The maximum atomic E-state index is 13.2. The van der Waals surface area contributed by atoms with Crippen LogP contribution in [0.2, 0.25) is 0 Å². The summed E-state index contributed by atoms with van der Waals surface area (Å²) in [6, 6.07) is 9.33. The molecule has 104 valence electrons. The summed E-state index contributed by atoms with van der Waals surface area (Å²) in [6.45, 7) is 3.84. The fourth-order valence-corrected chi connectivity index (χ4v) is 1.88. The molecule has 0 aromatic heterocycles. The highest BCUT2D eigenvalue weighted by atomic mass is 19.1. The quantitative estimate of drug-likeness (QED) is 0.924. The predicted octanol–water partition coefficient (Wildman–Crippen LogP) is 3.72. The van der Waals surface area contributed by atoms with Gasteiger partial charge in [-0.15, -0.1) is 0 Å². The van der Waals surface area contributed by atoms with Crippen LogP contribution < -0.4 is 4.74 Å². The Morgan fingerprint density at radius 2 is 1.95 bits per heavy atom. The molecule has 3 nitrogen and oxygen atoms in total. The first-order valence-corrected chi connectivity index (χ1v) is 6.19. The zero-order valence-electron chi connectivity index (χ0n) is 11.3. The molecule has 0 heterocycles. The lowest BCUT2D eigenvalue weighted by atomic mass is 10.1. The summed E-state index contributed by atoms with van der Waals surface area (Å²) >= 11 is 0. The fourth-order valence-electron chi connectivity index (χ4n) is 1.88. The zero-order chi connectivity index (χ0) is 14.7. The molecule has 0 amide bonds. The molecule has 0 aliphatic heterocycles. The number of halogens is 1. The van der Waals surface area contributed by atoms with Crippen LogP contribution in [0, 0.1) is 19.7 Å². The second kappa shape index (κ2) is 5.74. The van der Waals surface area contributed by atoms with Gasteiger partial charge in [0.05, 0.1) is 0 Å². The fraction of sp³-hybridized carbons (Fsp3) is 0.188. The molecule has 0 atom stereocenters. The molecule has 0 unspecified atom stereocenters. The average molecular weight is 274 g/mol. The number of rotatable bonds is 4. The third kappa shape index (κ3) is 3.15. The number of ether oxygens (including phenoxy) is 1. The van der Waals surface area contributed by atoms with Crippen molar-refractivity contribution < 1.29 is 19.0 Å². The van der Waals surface area contributed by atoms with Gasteiger partial charge < -0.3 is 9.84 Å². The first kappa shape index (κ1) is 14.1. The summed E-state index contributed by atoms with van der Waals surface area (Å²) < 4.78 is 18.7. The van der Waals surface area contributed by atoms with Gasteiger partial charge in [-0.2, -0.15) is 0 Å². The normalized spacial score (nSPS) is 10.3. The van der Waals surface area contributed by atoms with Crippen LogP contribution >= 0.6 is 0 Å². The number of carbonyl (C=O) groups is 1. The van der Waals surface area contributed by atoms with Gasteiger partial charge in [-0.1, -0.05) is 12.1 Å². The lowest BCUT2D eigenvalue weighted by molar-refractivity contribution is 0.0691. The molecule has 0 bridgehead atoms. The molecular formula is C16H15FO3. The first-order valence-electron chi connectivity index (χ1n) is 6.19. The van der Waals surface area contributed by atoms with Gasteiger partial charge in [-0.25, -0.2) is 9.18 Å². The van der Waals surface area contributed by atoms with Crippen molar-refractivity contribution in [1.29, 1.82) is 0 Å². The van der Waals surface area contributed by atoms with Crippen molar-refractivity contribution in [3.8, 4) is 5.75 Å². The third-order valence-corrected chi connectivity index (χ3v) is 3.06. The van der Waals surface area contributed by atoms with E-state index in [1.54, 1.807) is 18.2 Å². The molecule has 0 aliphatic rings. The Kier molecular flexibility index (Phi) is 4.03. The molecule has 2 aromatic rings. The van der Waals surface area contributed by atoms with Crippen molar-refractivity contribution in [3.63, 3.8) is 0 Å². The van der Waals surface area contributed by atoms with E-state index in [0.717, 1.165) is 11.1 Å². The molecule has 20 heavy (non-hydrogen) atoms. The van der Waals surface area contributed by atoms with Crippen LogP contribution in [0.5, 0.6) is 5.75 Å². The molecular weight excluding hydrogens is 259 g/mol. The van der Waals surface area contributed by atoms with E-state index in [1.807, 2.05) is 13.8 Å². The van der Waals surface area contributed by atoms with Crippen molar-refractivity contribution >= 4 is 5.97 Å². The van der Waals surface area contributed by atoms with E-state index in [0.29, 0.717) is 11.3 Å². The first-order chi connectivity index (χ1) is 9.47. The zero-order valence-corrected chi connectivity index (χ0v) is 11.3. The highest BCUT2D eigenvalue weighted by molar-refractivity contribution is 5.90. The minimum absolute atomic E-state index is 0.102. The highest BCUT2D eigenvalue weighted by Crippen LogP contribution is 2.22. The molecule has 0 saturated carbocycles. The molecule has 0 aliphatic carbocycles. The van der Waals surface area contributed by atoms with E-state index in [9.17, 15) is 9.18 Å². The maximum Gasteiger partial charge on any atom is 0.339 e. The number of hydrogen-bond acceptors (Lipinski definition) is 2. The van der Waals surface area contributed by atoms with Gasteiger partial charge in [0, 0.05) is 0 Å². The van der Waals surface area contributed by atoms with E-state index in [1.165, 1.54) is 18.2 Å². The molecule has 4 heteroatoms. The lowest BCUT2D eigenvalue weighted by Gasteiger charge is -2.11. The van der Waals surface area contributed by atoms with Gasteiger partial charge in [-0.3, -0.25) is 0 Å². The van der Waals surface area contributed by atoms with Gasteiger partial charge in [0.1, 0.15) is 23.7 Å². The second-order valence-electron chi connectivity index (χ2n) is 4.66. The second-order valence-corrected chi connectivity index (χ2v) is 4.66. The third-order valence-electron chi connectivity index (χ3n) is 3.06. The monoisotopic (exact) mass is 274 g/mol. The summed E-state index contributed by atoms with van der Waals surface area (Å²) in [7, 11) is 0. The molecule has 0 radical (unpaired) electrons. The minimum atomic E-state index is -1.05. The molecule has 2 aromatic carbocycles. The SMILES string of the molecule is Cc1ccc(C(=O)O)c(OCc2cc(F)ccc2C)c1. The average Bonchev–Trinajstić information content (AvgIpc) is 2.39. The molecule has 0 fully saturated rings. The van der Waals surface area contributed by atoms with Gasteiger partial charge in [0.2, 0.25) is 0 Å². The van der Waals surface area contributed by atoms with E-state index in [4.69, 9.17) is 9.84 Å². The van der Waals surface area contributed by atoms with Crippen LogP contribution in [-0.2, 0) is 6.61 Å². The van der Waals surface area contributed by atoms with Crippen molar-refractivity contribution in [1.82, 2.24) is 0 Å². The Morgan fingerprint density at radius 1 is 1.20 bits per heavy atom. The van der Waals surface area contributed by atoms with Crippen LogP contribution in [0.4, 0.5) is 4.39 Å². The van der Waals surface area contributed by atoms with Gasteiger partial charge in [0.25, 0.3) is 0 Å². The van der Waals surface area contributed by atoms with Crippen LogP contribution in [-0.4, -0.2) is 11.1 Å². The number of carboxylic acid groups (broad SMARTS) is 1. The van der Waals surface area contributed by atoms with Gasteiger partial charge in [-0.05, 0) is 54.8 Å². The number of aromatic carboxylic acids is 1. The van der Waals surface area contributed by atoms with Crippen molar-refractivity contribution in [2.45, 2.75) is 20.5 Å². The van der Waals surface area contributed by atoms with Gasteiger partial charge >= 0.3 is 5.97 Å². The molecule has 0 saturated heterocycles. The largest absolute Gasteiger partial charge is 0.488 e. The lowest BCUT2D eigenvalue weighted by Crippen LogP contribution is -2.05. The topological polar surface area (TPSA) is 46.5 Å². The van der Waals surface area contributed by atoms with Gasteiger partial charge in [0.15, 0.2) is 0 Å². The number of hydrogen-bond donors (Lipinski definition) is 1. The van der Waals surface area contributed by atoms with Crippen molar-refractivity contribution in [2.24, 2.45) is 0 Å². The smallest absolute Gasteiger partial charge is 0.339 e. The number of carboxylic acids is 1. The summed E-state index contributed by atoms with van der Waals surface area (Å²) in [5.74, 6) is -1.09. The Balaban J connectivity index is 2.24. The van der Waals surface area contributed by atoms with Crippen LogP contribution in [0.3, 0.4) is 0 Å².